The molecule has 3 aliphatic rings. The Morgan fingerprint density at radius 2 is 1.94 bits per heavy atom. The molecule has 0 saturated carbocycles. The Hall–Kier alpha value is -2.71. The largest absolute Gasteiger partial charge is 0.495 e. The second-order valence-electron chi connectivity index (χ2n) is 14.0. The molecular formula is C34H51ClN2O10S. The number of alkyl carbamates (subject to hydrolysis) is 1. The van der Waals surface area contributed by atoms with Crippen molar-refractivity contribution in [3.8, 4) is 5.75 Å². The summed E-state index contributed by atoms with van der Waals surface area (Å²) >= 11 is 6.72. The van der Waals surface area contributed by atoms with Crippen molar-refractivity contribution in [2.45, 2.75) is 101 Å². The van der Waals surface area contributed by atoms with E-state index in [1.807, 2.05) is 32.1 Å². The van der Waals surface area contributed by atoms with Crippen LogP contribution in [0, 0.1) is 5.92 Å². The Morgan fingerprint density at radius 1 is 1.23 bits per heavy atom. The van der Waals surface area contributed by atoms with Crippen molar-refractivity contribution in [1.29, 1.82) is 0 Å². The second-order valence-corrected chi connectivity index (χ2v) is 17.9. The average Bonchev–Trinajstić information content (AvgIpc) is 3.69. The summed E-state index contributed by atoms with van der Waals surface area (Å²) in [6, 6.07) is 3.66. The molecule has 1 aromatic carbocycles. The van der Waals surface area contributed by atoms with Gasteiger partial charge in [0.1, 0.15) is 34.7 Å². The van der Waals surface area contributed by atoms with Crippen molar-refractivity contribution in [2.24, 2.45) is 5.92 Å². The maximum Gasteiger partial charge on any atom is 0.409 e. The van der Waals surface area contributed by atoms with Crippen molar-refractivity contribution in [3.05, 3.63) is 34.4 Å². The predicted octanol–water partition coefficient (Wildman–Crippen LogP) is 3.95. The number of rotatable bonds is 7. The Balaban J connectivity index is 1.72. The van der Waals surface area contributed by atoms with Crippen LogP contribution in [0.5, 0.6) is 5.75 Å². The molecule has 0 aromatic heterocycles. The highest BCUT2D eigenvalue weighted by molar-refractivity contribution is 8.01. The highest BCUT2D eigenvalue weighted by atomic mass is 35.5. The number of methoxy groups -OCH3 is 2. The molecule has 0 unspecified atom stereocenters. The SMILES string of the molecule is COc1cc2cc(c1Cl)N(C)C(=O)C[C@H](OC(=O)CCC[SH](C)(C)=O)[C@@]1(C)O[C@H]1[C@H](C)[C@@H]1C[C@@](O)(NC(=O)O1)[C@H](OC)CC/C=C(\C)C2. The third-order valence-corrected chi connectivity index (χ3v) is 11.4. The van der Waals surface area contributed by atoms with Gasteiger partial charge in [-0.25, -0.2) is 4.79 Å². The van der Waals surface area contributed by atoms with Crippen LogP contribution in [0.4, 0.5) is 10.5 Å². The normalized spacial score (nSPS) is 33.0. The molecule has 3 aliphatic heterocycles. The summed E-state index contributed by atoms with van der Waals surface area (Å²) in [6.07, 6.45) is 3.21. The summed E-state index contributed by atoms with van der Waals surface area (Å²) in [4.78, 5) is 41.2. The van der Waals surface area contributed by atoms with Gasteiger partial charge in [-0.15, -0.1) is 9.93 Å². The van der Waals surface area contributed by atoms with E-state index in [4.69, 9.17) is 35.3 Å². The molecule has 2 amide bonds. The number of carbonyl (C=O) groups is 3. The van der Waals surface area contributed by atoms with Crippen molar-refractivity contribution >= 4 is 45.2 Å². The minimum absolute atomic E-state index is 0.0256. The first kappa shape index (κ1) is 38.1. The average molecular weight is 715 g/mol. The topological polar surface area (TPSA) is 153 Å². The highest BCUT2D eigenvalue weighted by Gasteiger charge is 2.64. The number of epoxide rings is 1. The molecule has 1 aromatic rings. The first-order chi connectivity index (χ1) is 22.4. The molecule has 2 saturated heterocycles. The summed E-state index contributed by atoms with van der Waals surface area (Å²) in [5.41, 5.74) is -0.493. The number of fused-ring (bicyclic) bond motifs is 5. The van der Waals surface area contributed by atoms with Gasteiger partial charge in [-0.05, 0) is 69.7 Å². The molecule has 2 N–H and O–H groups in total. The van der Waals surface area contributed by atoms with Gasteiger partial charge in [0.25, 0.3) is 0 Å². The molecular weight excluding hydrogens is 664 g/mol. The van der Waals surface area contributed by atoms with Crippen LogP contribution in [0.25, 0.3) is 0 Å². The molecule has 0 spiro atoms. The van der Waals surface area contributed by atoms with Crippen LogP contribution < -0.4 is 15.0 Å². The van der Waals surface area contributed by atoms with Crippen LogP contribution in [0.15, 0.2) is 23.8 Å². The zero-order valence-corrected chi connectivity index (χ0v) is 30.8. The zero-order chi connectivity index (χ0) is 35.6. The number of carbonyl (C=O) groups excluding carboxylic acids is 3. The highest BCUT2D eigenvalue weighted by Crippen LogP contribution is 2.49. The van der Waals surface area contributed by atoms with E-state index >= 15 is 0 Å². The number of anilines is 1. The Labute approximate surface area is 289 Å². The molecule has 12 nitrogen and oxygen atoms in total. The number of allylic oxidation sites excluding steroid dienone is 2. The number of benzene rings is 1. The van der Waals surface area contributed by atoms with Gasteiger partial charge < -0.3 is 33.7 Å². The van der Waals surface area contributed by atoms with Gasteiger partial charge >= 0.3 is 12.1 Å². The van der Waals surface area contributed by atoms with Crippen LogP contribution in [0.1, 0.15) is 64.9 Å². The number of amides is 2. The molecule has 14 heteroatoms. The number of ether oxygens (including phenoxy) is 5. The van der Waals surface area contributed by atoms with E-state index in [1.165, 1.54) is 19.1 Å². The van der Waals surface area contributed by atoms with Crippen LogP contribution in [0.2, 0.25) is 5.02 Å². The van der Waals surface area contributed by atoms with Gasteiger partial charge in [-0.2, -0.15) is 0 Å². The van der Waals surface area contributed by atoms with Gasteiger partial charge in [0.15, 0.2) is 5.72 Å². The van der Waals surface area contributed by atoms with E-state index in [9.17, 15) is 23.7 Å². The lowest BCUT2D eigenvalue weighted by Crippen LogP contribution is -2.64. The number of hydrogen-bond donors (Lipinski definition) is 3. The Morgan fingerprint density at radius 3 is 2.58 bits per heavy atom. The lowest BCUT2D eigenvalue weighted by molar-refractivity contribution is -0.158. The summed E-state index contributed by atoms with van der Waals surface area (Å²) in [5, 5.41) is 14.5. The molecule has 7 atom stereocenters. The third kappa shape index (κ3) is 8.90. The van der Waals surface area contributed by atoms with Crippen LogP contribution >= 0.6 is 11.6 Å². The van der Waals surface area contributed by atoms with Gasteiger partial charge in [0.2, 0.25) is 5.91 Å². The molecule has 4 rings (SSSR count). The molecule has 4 bridgehead atoms. The number of hydrogen-bond acceptors (Lipinski definition) is 10. The summed E-state index contributed by atoms with van der Waals surface area (Å²) in [7, 11) is 2.27. The fourth-order valence-electron chi connectivity index (χ4n) is 6.74. The van der Waals surface area contributed by atoms with Gasteiger partial charge in [0.05, 0.1) is 25.3 Å². The maximum absolute atomic E-state index is 13.9. The van der Waals surface area contributed by atoms with E-state index in [0.29, 0.717) is 42.9 Å². The standard InChI is InChI=1S/C34H51ClN2O10S/c1-20-11-9-12-26(44-6)34(41)19-25(45-32(40)36-34)21(2)31-33(3,47-31)27(46-29(39)13-10-14-48(7,8)42)18-28(38)37(4)23-16-22(15-20)17-24(43-5)30(23)35/h11,16-17,21,25-27,31,41,48H,9-10,12-15,18-19H2,1-8H3,(H,36,40)/b20-11+/t21-,25+,26-,27+,31+,33-,34+/m1/s1. The maximum atomic E-state index is 13.9. The summed E-state index contributed by atoms with van der Waals surface area (Å²) in [6.45, 7) is 5.57. The minimum Gasteiger partial charge on any atom is -0.495 e. The van der Waals surface area contributed by atoms with Gasteiger partial charge in [0, 0.05) is 38.7 Å². The van der Waals surface area contributed by atoms with Crippen molar-refractivity contribution in [2.75, 3.05) is 44.4 Å². The van der Waals surface area contributed by atoms with Gasteiger partial charge in [-0.3, -0.25) is 19.1 Å². The first-order valence-electron chi connectivity index (χ1n) is 16.3. The third-order valence-electron chi connectivity index (χ3n) is 9.65. The molecule has 0 radical (unpaired) electrons. The number of halogens is 1. The number of aliphatic hydroxyl groups is 1. The molecule has 0 aliphatic carbocycles. The van der Waals surface area contributed by atoms with E-state index in [0.717, 1.165) is 11.1 Å². The number of thiol groups is 1. The van der Waals surface area contributed by atoms with E-state index in [-0.39, 0.29) is 30.2 Å². The lowest BCUT2D eigenvalue weighted by Gasteiger charge is -2.43. The molecule has 3 heterocycles. The Bertz CT molecular complexity index is 1470. The van der Waals surface area contributed by atoms with Crippen molar-refractivity contribution in [3.63, 3.8) is 0 Å². The molecule has 2 fully saturated rings. The minimum atomic E-state index is -2.33. The van der Waals surface area contributed by atoms with Crippen LogP contribution in [0.3, 0.4) is 0 Å². The monoisotopic (exact) mass is 714 g/mol. The number of esters is 1. The zero-order valence-electron chi connectivity index (χ0n) is 29.2. The summed E-state index contributed by atoms with van der Waals surface area (Å²) < 4.78 is 41.3. The van der Waals surface area contributed by atoms with E-state index in [1.54, 1.807) is 26.5 Å². The lowest BCUT2D eigenvalue weighted by atomic mass is 9.83. The Kier molecular flexibility index (Phi) is 11.9. The fourth-order valence-corrected chi connectivity index (χ4v) is 7.98. The first-order valence-corrected chi connectivity index (χ1v) is 19.5. The number of nitrogens with zero attached hydrogens (tertiary/aromatic N) is 1. The predicted molar refractivity (Wildman–Crippen MR) is 184 cm³/mol. The second kappa shape index (κ2) is 15.0. The van der Waals surface area contributed by atoms with Gasteiger partial charge in [-0.1, -0.05) is 30.2 Å². The van der Waals surface area contributed by atoms with E-state index in [2.05, 4.69) is 5.32 Å². The van der Waals surface area contributed by atoms with Crippen molar-refractivity contribution in [1.82, 2.24) is 5.32 Å². The molecule has 270 valence electrons. The van der Waals surface area contributed by atoms with E-state index < -0.39 is 63.7 Å². The van der Waals surface area contributed by atoms with Crippen molar-refractivity contribution < 1.29 is 47.4 Å². The van der Waals surface area contributed by atoms with Crippen LogP contribution in [-0.4, -0.2) is 103 Å². The van der Waals surface area contributed by atoms with Crippen LogP contribution in [-0.2, 0) is 44.9 Å². The summed E-state index contributed by atoms with van der Waals surface area (Å²) in [5.74, 6) is -0.575. The fraction of sp³-hybridized carbons (Fsp3) is 0.676. The quantitative estimate of drug-likeness (QED) is 0.164. The molecule has 48 heavy (non-hydrogen) atoms. The number of nitrogens with one attached hydrogen (secondary N) is 1. The smallest absolute Gasteiger partial charge is 0.409 e.